The van der Waals surface area contributed by atoms with Gasteiger partial charge in [-0.05, 0) is 118 Å². The maximum atomic E-state index is 15.4. The minimum atomic E-state index is -1.74. The quantitative estimate of drug-likeness (QED) is 0.0148. The fourth-order valence-corrected chi connectivity index (χ4v) is 15.5. The molecule has 0 bridgehead atoms. The third-order valence-corrected chi connectivity index (χ3v) is 21.1. The Bertz CT molecular complexity index is 3700. The molecule has 0 aliphatic carbocycles. The second-order valence-corrected chi connectivity index (χ2v) is 29.9. The van der Waals surface area contributed by atoms with Crippen molar-refractivity contribution in [3.05, 3.63) is 216 Å². The first kappa shape index (κ1) is 78.0. The van der Waals surface area contributed by atoms with E-state index in [9.17, 15) is 34.5 Å². The number of ether oxygens (including phenoxy) is 1. The van der Waals surface area contributed by atoms with Gasteiger partial charge in [-0.1, -0.05) is 191 Å². The number of nitrogens with one attached hydrogen (secondary N) is 10. The average Bonchev–Trinajstić information content (AvgIpc) is 1.18. The number of aliphatic hydroxyl groups is 3. The van der Waals surface area contributed by atoms with E-state index >= 15 is 19.2 Å². The first-order valence-corrected chi connectivity index (χ1v) is 37.6. The summed E-state index contributed by atoms with van der Waals surface area (Å²) < 4.78 is 4.80. The van der Waals surface area contributed by atoms with Crippen molar-refractivity contribution in [2.75, 3.05) is 37.0 Å². The molecule has 1 fully saturated rings. The monoisotopic (exact) mass is 1430 g/mol. The molecule has 0 radical (unpaired) electrons. The largest absolute Gasteiger partial charge is 0.444 e. The number of H-pyrrole nitrogens is 1. The van der Waals surface area contributed by atoms with Gasteiger partial charge in [-0.15, -0.1) is 11.8 Å². The van der Waals surface area contributed by atoms with Gasteiger partial charge in [0.05, 0.1) is 35.6 Å². The van der Waals surface area contributed by atoms with Gasteiger partial charge < -0.3 is 72.9 Å². The van der Waals surface area contributed by atoms with E-state index in [-0.39, 0.29) is 56.6 Å². The number of aromatic amines is 1. The fourth-order valence-electron chi connectivity index (χ4n) is 11.7. The summed E-state index contributed by atoms with van der Waals surface area (Å²) in [7, 11) is 2.09. The van der Waals surface area contributed by atoms with Gasteiger partial charge in [0.1, 0.15) is 41.9 Å². The van der Waals surface area contributed by atoms with Gasteiger partial charge in [-0.2, -0.15) is 0 Å². The third kappa shape index (κ3) is 23.4. The number of thioether (sulfide) groups is 1. The van der Waals surface area contributed by atoms with Crippen LogP contribution in [0.1, 0.15) is 93.7 Å². The zero-order valence-electron chi connectivity index (χ0n) is 57.5. The summed E-state index contributed by atoms with van der Waals surface area (Å²) in [6.07, 6.45) is -0.782. The number of rotatable bonds is 27. The van der Waals surface area contributed by atoms with E-state index in [0.717, 1.165) is 54.7 Å². The number of aromatic nitrogens is 1. The Hall–Kier alpha value is -8.69. The zero-order valence-corrected chi connectivity index (χ0v) is 60.0. The van der Waals surface area contributed by atoms with Crippen LogP contribution in [0.5, 0.6) is 0 Å². The standard InChI is InChI=1S/C76H94N10O12S3/c1-49(88)63(46-87)83-72(95)65-48-101-100-47-64(84-68(91)60(42-51-26-11-6-12-27-51)77-40-25-41-99-76(54-30-15-8-16-31-54,55-32-17-9-18-33-55)56-34-19-10-20-35-56)71(94)81-61(43-52-28-13-7-14-29-52)69(92)82-62(44-53-45-79-58-37-22-21-36-57(53)58)70(93)80-59(67(90)86-66(50(2)89)73(96)85-65)38-23-24-39-78-74(97)98-75(3,4)5/h6-22,26-37,45,49-50,59-66,77,79,87-89H,23-25,38-44,46-48H2,1-5H3,(H,78,97)(H,80,93)(H,81,94)(H,82,92)(H,83,95)(H,84,91)(H,85,96)(H,86,90)/t49-,50-,59+,60-,61+,62-,63-,64+,65+,66+/m1/s1. The van der Waals surface area contributed by atoms with E-state index < -0.39 is 125 Å². The molecule has 1 aromatic heterocycles. The molecule has 22 nitrogen and oxygen atoms in total. The van der Waals surface area contributed by atoms with Gasteiger partial charge in [0.15, 0.2) is 0 Å². The van der Waals surface area contributed by atoms with Crippen molar-refractivity contribution >= 4 is 91.7 Å². The Kier molecular flexibility index (Phi) is 30.1. The van der Waals surface area contributed by atoms with Crippen LogP contribution in [0.3, 0.4) is 0 Å². The van der Waals surface area contributed by atoms with Crippen LogP contribution in [0.2, 0.25) is 0 Å². The van der Waals surface area contributed by atoms with Crippen molar-refractivity contribution in [2.24, 2.45) is 0 Å². The number of unbranched alkanes of at least 4 members (excludes halogenated alkanes) is 1. The first-order chi connectivity index (χ1) is 48.6. The molecular weight excluding hydrogens is 1340 g/mol. The van der Waals surface area contributed by atoms with Crippen LogP contribution in [-0.2, 0) is 62.3 Å². The highest BCUT2D eigenvalue weighted by molar-refractivity contribution is 8.76. The summed E-state index contributed by atoms with van der Waals surface area (Å²) in [5.41, 5.74) is 5.38. The van der Waals surface area contributed by atoms with Crippen LogP contribution in [0.15, 0.2) is 182 Å². The predicted molar refractivity (Wildman–Crippen MR) is 397 cm³/mol. The van der Waals surface area contributed by atoms with E-state index in [2.05, 4.69) is 89.2 Å². The van der Waals surface area contributed by atoms with Crippen LogP contribution in [-0.4, -0.2) is 171 Å². The zero-order chi connectivity index (χ0) is 72.3. The molecule has 538 valence electrons. The minimum Gasteiger partial charge on any atom is -0.444 e. The molecule has 101 heavy (non-hydrogen) atoms. The highest BCUT2D eigenvalue weighted by atomic mass is 33.1. The fraction of sp³-hybridized carbons (Fsp3) is 0.395. The van der Waals surface area contributed by atoms with Gasteiger partial charge in [-0.3, -0.25) is 33.6 Å². The summed E-state index contributed by atoms with van der Waals surface area (Å²) in [5, 5.41) is 58.3. The second-order valence-electron chi connectivity index (χ2n) is 26.0. The summed E-state index contributed by atoms with van der Waals surface area (Å²) in [6, 6.07) is 45.8. The Morgan fingerprint density at radius 3 is 1.72 bits per heavy atom. The summed E-state index contributed by atoms with van der Waals surface area (Å²) in [6.45, 7) is 7.59. The number of carbonyl (C=O) groups excluding carboxylic acids is 8. The topological polar surface area (TPSA) is 331 Å². The molecule has 1 saturated heterocycles. The number of amides is 8. The molecule has 13 N–H and O–H groups in total. The van der Waals surface area contributed by atoms with Gasteiger partial charge in [0.2, 0.25) is 41.4 Å². The number of fused-ring (bicyclic) bond motifs is 1. The molecule has 0 unspecified atom stereocenters. The molecule has 7 aromatic rings. The van der Waals surface area contributed by atoms with Crippen molar-refractivity contribution in [3.8, 4) is 0 Å². The number of para-hydroxylation sites is 1. The molecule has 2 heterocycles. The average molecular weight is 1440 g/mol. The summed E-state index contributed by atoms with van der Waals surface area (Å²) in [4.78, 5) is 120. The van der Waals surface area contributed by atoms with Crippen LogP contribution in [0, 0.1) is 0 Å². The summed E-state index contributed by atoms with van der Waals surface area (Å²) >= 11 is 1.79. The molecule has 1 aliphatic heterocycles. The van der Waals surface area contributed by atoms with E-state index in [0.29, 0.717) is 29.8 Å². The SMILES string of the molecule is C[C@@H](O)[C@@H]1NC(=O)[C@H](CCCCNC(=O)OC(C)(C)C)NC(=O)[C@@H](Cc2c[nH]c3ccccc23)NC(=O)[C@H](Cc2ccccc2)NC(=O)[C@@H](NC(=O)[C@@H](Cc2ccccc2)NCCCSC(c2ccccc2)(c2ccccc2)c2ccccc2)CSSC[C@@H](C(=O)N[C@H](CO)[C@@H](C)O)NC1=O. The Balaban J connectivity index is 1.13. The molecule has 8 rings (SSSR count). The van der Waals surface area contributed by atoms with Crippen molar-refractivity contribution in [2.45, 2.75) is 150 Å². The lowest BCUT2D eigenvalue weighted by Crippen LogP contribution is -2.62. The number of hydrogen-bond acceptors (Lipinski definition) is 16. The minimum absolute atomic E-state index is 0.0838. The lowest BCUT2D eigenvalue weighted by atomic mass is 9.84. The maximum absolute atomic E-state index is 15.4. The normalized spacial score (nSPS) is 19.7. The molecule has 8 amide bonds. The molecule has 25 heteroatoms. The maximum Gasteiger partial charge on any atom is 0.407 e. The van der Waals surface area contributed by atoms with Crippen LogP contribution < -0.4 is 47.9 Å². The Labute approximate surface area is 602 Å². The van der Waals surface area contributed by atoms with Gasteiger partial charge in [0, 0.05) is 48.0 Å². The highest BCUT2D eigenvalue weighted by Gasteiger charge is 2.39. The first-order valence-electron chi connectivity index (χ1n) is 34.1. The van der Waals surface area contributed by atoms with Crippen LogP contribution in [0.4, 0.5) is 4.79 Å². The van der Waals surface area contributed by atoms with E-state index in [1.807, 2.05) is 109 Å². The lowest BCUT2D eigenvalue weighted by molar-refractivity contribution is -0.136. The Morgan fingerprint density at radius 2 is 1.14 bits per heavy atom. The molecule has 1 aliphatic rings. The molecule has 6 aromatic carbocycles. The van der Waals surface area contributed by atoms with Crippen LogP contribution in [0.25, 0.3) is 10.9 Å². The van der Waals surface area contributed by atoms with Crippen molar-refractivity contribution in [1.82, 2.24) is 52.8 Å². The van der Waals surface area contributed by atoms with E-state index in [4.69, 9.17) is 4.74 Å². The molecule has 0 spiro atoms. The van der Waals surface area contributed by atoms with E-state index in [1.54, 1.807) is 69.1 Å². The number of hydrogen-bond donors (Lipinski definition) is 13. The van der Waals surface area contributed by atoms with Crippen molar-refractivity contribution < 1.29 is 58.4 Å². The number of carbonyl (C=O) groups is 8. The van der Waals surface area contributed by atoms with Gasteiger partial charge in [-0.25, -0.2) is 4.79 Å². The van der Waals surface area contributed by atoms with Gasteiger partial charge in [0.25, 0.3) is 0 Å². The summed E-state index contributed by atoms with van der Waals surface area (Å²) in [5.74, 6) is -5.48. The Morgan fingerprint density at radius 1 is 0.604 bits per heavy atom. The second kappa shape index (κ2) is 38.9. The number of alkyl carbamates (subject to hydrolysis) is 1. The molecular formula is C76H94N10O12S3. The van der Waals surface area contributed by atoms with Crippen molar-refractivity contribution in [3.63, 3.8) is 0 Å². The highest BCUT2D eigenvalue weighted by Crippen LogP contribution is 2.48. The van der Waals surface area contributed by atoms with E-state index in [1.165, 1.54) is 13.8 Å². The number of aliphatic hydroxyl groups excluding tert-OH is 3. The molecule has 0 saturated carbocycles. The smallest absolute Gasteiger partial charge is 0.407 e. The van der Waals surface area contributed by atoms with Crippen molar-refractivity contribution in [1.29, 1.82) is 0 Å². The predicted octanol–water partition coefficient (Wildman–Crippen LogP) is 6.51. The van der Waals surface area contributed by atoms with Crippen LogP contribution >= 0.6 is 33.3 Å². The third-order valence-electron chi connectivity index (χ3n) is 17.0. The van der Waals surface area contributed by atoms with Gasteiger partial charge >= 0.3 is 6.09 Å². The molecule has 10 atom stereocenters. The lowest BCUT2D eigenvalue weighted by Gasteiger charge is -2.35. The number of benzene rings is 6.